The van der Waals surface area contributed by atoms with E-state index in [1.807, 2.05) is 13.8 Å². The molecule has 7 nitrogen and oxygen atoms in total. The zero-order valence-corrected chi connectivity index (χ0v) is 13.1. The van der Waals surface area contributed by atoms with Gasteiger partial charge >= 0.3 is 0 Å². The summed E-state index contributed by atoms with van der Waals surface area (Å²) in [6.07, 6.45) is 4.08. The van der Waals surface area contributed by atoms with Crippen molar-refractivity contribution in [2.75, 3.05) is 0 Å². The summed E-state index contributed by atoms with van der Waals surface area (Å²) in [5.74, 6) is 0.405. The third-order valence-corrected chi connectivity index (χ3v) is 3.35. The van der Waals surface area contributed by atoms with Crippen molar-refractivity contribution in [3.05, 3.63) is 29.1 Å². The highest BCUT2D eigenvalue weighted by atomic mass is 35.5. The molecule has 0 radical (unpaired) electrons. The Morgan fingerprint density at radius 1 is 1.48 bits per heavy atom. The highest BCUT2D eigenvalue weighted by Gasteiger charge is 2.20. The molecule has 21 heavy (non-hydrogen) atoms. The van der Waals surface area contributed by atoms with Gasteiger partial charge < -0.3 is 5.32 Å². The smallest absolute Gasteiger partial charge is 0.273 e. The predicted octanol–water partition coefficient (Wildman–Crippen LogP) is 2.05. The van der Waals surface area contributed by atoms with Gasteiger partial charge in [0.25, 0.3) is 5.91 Å². The quantitative estimate of drug-likeness (QED) is 0.885. The Bertz CT molecular complexity index is 620. The molecule has 0 saturated carbocycles. The fraction of sp³-hybridized carbons (Fsp3) is 0.538. The van der Waals surface area contributed by atoms with Crippen LogP contribution in [0, 0.1) is 0 Å². The number of rotatable bonds is 6. The van der Waals surface area contributed by atoms with E-state index < -0.39 is 0 Å². The zero-order chi connectivity index (χ0) is 15.4. The van der Waals surface area contributed by atoms with Crippen LogP contribution >= 0.6 is 11.6 Å². The van der Waals surface area contributed by atoms with Crippen LogP contribution in [0.1, 0.15) is 49.5 Å². The molecule has 1 N–H and O–H groups in total. The van der Waals surface area contributed by atoms with Crippen LogP contribution in [-0.4, -0.2) is 30.5 Å². The third kappa shape index (κ3) is 3.41. The number of halogens is 1. The maximum absolute atomic E-state index is 12.2. The van der Waals surface area contributed by atoms with Crippen LogP contribution in [0.15, 0.2) is 12.5 Å². The van der Waals surface area contributed by atoms with Gasteiger partial charge in [-0.2, -0.15) is 10.2 Å². The Balaban J connectivity index is 2.11. The van der Waals surface area contributed by atoms with Gasteiger partial charge in [0.05, 0.1) is 11.1 Å². The van der Waals surface area contributed by atoms with Gasteiger partial charge in [-0.25, -0.2) is 9.67 Å². The first kappa shape index (κ1) is 15.5. The fourth-order valence-electron chi connectivity index (χ4n) is 2.04. The monoisotopic (exact) mass is 310 g/mol. The van der Waals surface area contributed by atoms with Gasteiger partial charge in [-0.3, -0.25) is 9.48 Å². The summed E-state index contributed by atoms with van der Waals surface area (Å²) in [5.41, 5.74) is 0.229. The molecule has 1 amide bonds. The van der Waals surface area contributed by atoms with Crippen molar-refractivity contribution < 1.29 is 4.79 Å². The molecule has 0 aliphatic heterocycles. The lowest BCUT2D eigenvalue weighted by Gasteiger charge is -2.13. The lowest BCUT2D eigenvalue weighted by Crippen LogP contribution is -2.29. The molecule has 0 bridgehead atoms. The number of hydrogen-bond donors (Lipinski definition) is 1. The van der Waals surface area contributed by atoms with E-state index in [0.717, 1.165) is 18.8 Å². The van der Waals surface area contributed by atoms with Crippen LogP contribution < -0.4 is 5.32 Å². The van der Waals surface area contributed by atoms with Crippen molar-refractivity contribution in [2.45, 2.75) is 46.3 Å². The second-order valence-electron chi connectivity index (χ2n) is 4.72. The third-order valence-electron chi connectivity index (χ3n) is 3.07. The van der Waals surface area contributed by atoms with Crippen molar-refractivity contribution in [1.82, 2.24) is 29.9 Å². The van der Waals surface area contributed by atoms with Gasteiger partial charge in [0.1, 0.15) is 12.2 Å². The van der Waals surface area contributed by atoms with Crippen molar-refractivity contribution in [3.63, 3.8) is 0 Å². The van der Waals surface area contributed by atoms with Crippen LogP contribution in [0.25, 0.3) is 0 Å². The number of aryl methyl sites for hydroxylation is 2. The SMILES string of the molecule is CCCn1ncnc1C(C)NC(=O)c1nn(CC)cc1Cl. The standard InChI is InChI=1S/C13H19ClN6O/c1-4-6-20-12(15-8-16-20)9(3)17-13(21)11-10(14)7-19(5-2)18-11/h7-9H,4-6H2,1-3H3,(H,17,21). The van der Waals surface area contributed by atoms with E-state index in [0.29, 0.717) is 11.6 Å². The van der Waals surface area contributed by atoms with E-state index in [1.54, 1.807) is 15.6 Å². The molecule has 0 saturated heterocycles. The van der Waals surface area contributed by atoms with Gasteiger partial charge in [-0.15, -0.1) is 0 Å². The summed E-state index contributed by atoms with van der Waals surface area (Å²) in [6.45, 7) is 7.28. The first-order valence-corrected chi connectivity index (χ1v) is 7.36. The van der Waals surface area contributed by atoms with Crippen LogP contribution in [0.5, 0.6) is 0 Å². The number of carbonyl (C=O) groups is 1. The molecule has 0 aliphatic rings. The normalized spacial score (nSPS) is 12.4. The van der Waals surface area contributed by atoms with Crippen LogP contribution in [0.4, 0.5) is 0 Å². The maximum Gasteiger partial charge on any atom is 0.273 e. The molecule has 1 atom stereocenters. The van der Waals surface area contributed by atoms with Crippen molar-refractivity contribution in [3.8, 4) is 0 Å². The molecule has 2 rings (SSSR count). The zero-order valence-electron chi connectivity index (χ0n) is 12.4. The van der Waals surface area contributed by atoms with E-state index in [2.05, 4.69) is 27.4 Å². The average molecular weight is 311 g/mol. The van der Waals surface area contributed by atoms with E-state index in [9.17, 15) is 4.79 Å². The van der Waals surface area contributed by atoms with E-state index in [1.165, 1.54) is 6.33 Å². The minimum absolute atomic E-state index is 0.229. The Labute approximate surface area is 128 Å². The van der Waals surface area contributed by atoms with Crippen LogP contribution in [-0.2, 0) is 13.1 Å². The second-order valence-corrected chi connectivity index (χ2v) is 5.13. The molecule has 0 aliphatic carbocycles. The maximum atomic E-state index is 12.2. The van der Waals surface area contributed by atoms with E-state index in [-0.39, 0.29) is 17.6 Å². The number of amides is 1. The molecule has 0 aromatic carbocycles. The number of nitrogens with one attached hydrogen (secondary N) is 1. The summed E-state index contributed by atoms with van der Waals surface area (Å²) >= 11 is 6.03. The molecule has 2 aromatic heterocycles. The number of nitrogens with zero attached hydrogens (tertiary/aromatic N) is 5. The molecule has 0 fully saturated rings. The minimum atomic E-state index is -0.314. The second kappa shape index (κ2) is 6.71. The Hall–Kier alpha value is -1.89. The van der Waals surface area contributed by atoms with Crippen molar-refractivity contribution in [1.29, 1.82) is 0 Å². The molecule has 0 spiro atoms. The van der Waals surface area contributed by atoms with Gasteiger partial charge in [-0.05, 0) is 20.3 Å². The Morgan fingerprint density at radius 3 is 2.86 bits per heavy atom. The molecular formula is C13H19ClN6O. The Morgan fingerprint density at radius 2 is 2.24 bits per heavy atom. The number of aromatic nitrogens is 5. The summed E-state index contributed by atoms with van der Waals surface area (Å²) in [5, 5.41) is 11.5. The van der Waals surface area contributed by atoms with Crippen LogP contribution in [0.3, 0.4) is 0 Å². The fourth-order valence-corrected chi connectivity index (χ4v) is 2.27. The summed E-state index contributed by atoms with van der Waals surface area (Å²) in [7, 11) is 0. The first-order chi connectivity index (χ1) is 10.1. The van der Waals surface area contributed by atoms with Crippen molar-refractivity contribution in [2.24, 2.45) is 0 Å². The highest BCUT2D eigenvalue weighted by molar-refractivity contribution is 6.33. The van der Waals surface area contributed by atoms with Gasteiger partial charge in [0.15, 0.2) is 5.69 Å². The topological polar surface area (TPSA) is 77.6 Å². The summed E-state index contributed by atoms with van der Waals surface area (Å²) in [4.78, 5) is 16.4. The summed E-state index contributed by atoms with van der Waals surface area (Å²) in [6, 6.07) is -0.269. The minimum Gasteiger partial charge on any atom is -0.341 e. The lowest BCUT2D eigenvalue weighted by molar-refractivity contribution is 0.0931. The van der Waals surface area contributed by atoms with Gasteiger partial charge in [-0.1, -0.05) is 18.5 Å². The van der Waals surface area contributed by atoms with Crippen LogP contribution in [0.2, 0.25) is 5.02 Å². The molecule has 8 heteroatoms. The molecule has 1 unspecified atom stereocenters. The molecular weight excluding hydrogens is 292 g/mol. The predicted molar refractivity (Wildman–Crippen MR) is 79.1 cm³/mol. The summed E-state index contributed by atoms with van der Waals surface area (Å²) < 4.78 is 3.42. The highest BCUT2D eigenvalue weighted by Crippen LogP contribution is 2.16. The molecule has 114 valence electrons. The van der Waals surface area contributed by atoms with Gasteiger partial charge in [0.2, 0.25) is 0 Å². The molecule has 2 aromatic rings. The van der Waals surface area contributed by atoms with Gasteiger partial charge in [0, 0.05) is 19.3 Å². The van der Waals surface area contributed by atoms with Crippen molar-refractivity contribution >= 4 is 17.5 Å². The van der Waals surface area contributed by atoms with E-state index >= 15 is 0 Å². The van der Waals surface area contributed by atoms with E-state index in [4.69, 9.17) is 11.6 Å². The largest absolute Gasteiger partial charge is 0.341 e. The lowest BCUT2D eigenvalue weighted by atomic mass is 10.3. The average Bonchev–Trinajstić information content (AvgIpc) is 3.05. The Kier molecular flexibility index (Phi) is 4.95. The number of hydrogen-bond acceptors (Lipinski definition) is 4. The number of carbonyl (C=O) groups excluding carboxylic acids is 1. The first-order valence-electron chi connectivity index (χ1n) is 6.98. The molecule has 2 heterocycles.